The lowest BCUT2D eigenvalue weighted by Crippen LogP contribution is -1.94. The SMILES string of the molecule is NCC/C=C/c1sccc1Cl. The Morgan fingerprint density at radius 1 is 1.64 bits per heavy atom. The van der Waals surface area contributed by atoms with E-state index >= 15 is 0 Å². The number of hydrogen-bond acceptors (Lipinski definition) is 2. The van der Waals surface area contributed by atoms with Crippen molar-refractivity contribution in [3.05, 3.63) is 27.4 Å². The molecule has 11 heavy (non-hydrogen) atoms. The molecule has 1 nitrogen and oxygen atoms in total. The van der Waals surface area contributed by atoms with Gasteiger partial charge in [0.2, 0.25) is 0 Å². The summed E-state index contributed by atoms with van der Waals surface area (Å²) >= 11 is 7.49. The van der Waals surface area contributed by atoms with Gasteiger partial charge in [-0.25, -0.2) is 0 Å². The lowest BCUT2D eigenvalue weighted by Gasteiger charge is -1.86. The Balaban J connectivity index is 2.56. The summed E-state index contributed by atoms with van der Waals surface area (Å²) in [5, 5.41) is 2.80. The Morgan fingerprint density at radius 3 is 3.00 bits per heavy atom. The van der Waals surface area contributed by atoms with Crippen LogP contribution in [0.15, 0.2) is 17.5 Å². The molecular formula is C8H10ClNS. The minimum absolute atomic E-state index is 0.694. The molecule has 0 aromatic carbocycles. The lowest BCUT2D eigenvalue weighted by molar-refractivity contribution is 1.01. The van der Waals surface area contributed by atoms with Gasteiger partial charge in [0.25, 0.3) is 0 Å². The van der Waals surface area contributed by atoms with Gasteiger partial charge in [-0.2, -0.15) is 0 Å². The van der Waals surface area contributed by atoms with Gasteiger partial charge in [0.1, 0.15) is 0 Å². The first-order chi connectivity index (χ1) is 5.34. The Kier molecular flexibility index (Phi) is 3.63. The van der Waals surface area contributed by atoms with E-state index < -0.39 is 0 Å². The second kappa shape index (κ2) is 4.54. The highest BCUT2D eigenvalue weighted by Crippen LogP contribution is 2.23. The van der Waals surface area contributed by atoms with Crippen LogP contribution in [0.4, 0.5) is 0 Å². The first-order valence-corrected chi connectivity index (χ1v) is 4.70. The molecule has 1 heterocycles. The van der Waals surface area contributed by atoms with E-state index in [1.165, 1.54) is 0 Å². The monoisotopic (exact) mass is 187 g/mol. The molecule has 3 heteroatoms. The number of rotatable bonds is 3. The summed E-state index contributed by atoms with van der Waals surface area (Å²) in [5.41, 5.74) is 5.33. The standard InChI is InChI=1S/C8H10ClNS/c9-7-4-6-11-8(7)3-1-2-5-10/h1,3-4,6H,2,5,10H2/b3-1+. The number of halogens is 1. The van der Waals surface area contributed by atoms with Gasteiger partial charge in [-0.05, 0) is 30.5 Å². The highest BCUT2D eigenvalue weighted by molar-refractivity contribution is 7.11. The van der Waals surface area contributed by atoms with Gasteiger partial charge < -0.3 is 5.73 Å². The zero-order valence-corrected chi connectivity index (χ0v) is 7.66. The average molecular weight is 188 g/mol. The van der Waals surface area contributed by atoms with E-state index in [1.54, 1.807) is 11.3 Å². The predicted molar refractivity (Wildman–Crippen MR) is 52.0 cm³/mol. The molecule has 2 N–H and O–H groups in total. The topological polar surface area (TPSA) is 26.0 Å². The minimum Gasteiger partial charge on any atom is -0.330 e. The van der Waals surface area contributed by atoms with E-state index in [9.17, 15) is 0 Å². The Bertz CT molecular complexity index is 242. The average Bonchev–Trinajstić information content (AvgIpc) is 2.37. The molecule has 0 aliphatic heterocycles. The van der Waals surface area contributed by atoms with Gasteiger partial charge in [-0.15, -0.1) is 11.3 Å². The van der Waals surface area contributed by atoms with Gasteiger partial charge in [0.15, 0.2) is 0 Å². The zero-order chi connectivity index (χ0) is 8.10. The van der Waals surface area contributed by atoms with Crippen molar-refractivity contribution in [1.29, 1.82) is 0 Å². The summed E-state index contributed by atoms with van der Waals surface area (Å²) in [5.74, 6) is 0. The normalized spacial score (nSPS) is 11.1. The number of hydrogen-bond donors (Lipinski definition) is 1. The van der Waals surface area contributed by atoms with Crippen molar-refractivity contribution in [3.63, 3.8) is 0 Å². The third-order valence-corrected chi connectivity index (χ3v) is 2.57. The van der Waals surface area contributed by atoms with E-state index in [0.717, 1.165) is 16.3 Å². The van der Waals surface area contributed by atoms with Crippen molar-refractivity contribution in [3.8, 4) is 0 Å². The molecule has 0 radical (unpaired) electrons. The summed E-state index contributed by atoms with van der Waals surface area (Å²) in [4.78, 5) is 1.11. The smallest absolute Gasteiger partial charge is 0.0585 e. The molecule has 0 fully saturated rings. The maximum atomic E-state index is 5.85. The number of nitrogens with two attached hydrogens (primary N) is 1. The van der Waals surface area contributed by atoms with Crippen molar-refractivity contribution in [1.82, 2.24) is 0 Å². The molecule has 0 atom stereocenters. The van der Waals surface area contributed by atoms with Crippen molar-refractivity contribution < 1.29 is 0 Å². The van der Waals surface area contributed by atoms with Gasteiger partial charge in [0, 0.05) is 4.88 Å². The van der Waals surface area contributed by atoms with Gasteiger partial charge in [0.05, 0.1) is 5.02 Å². The molecule has 1 aromatic heterocycles. The van der Waals surface area contributed by atoms with E-state index in [4.69, 9.17) is 17.3 Å². The quantitative estimate of drug-likeness (QED) is 0.774. The van der Waals surface area contributed by atoms with Crippen LogP contribution in [0.2, 0.25) is 5.02 Å². The molecule has 0 amide bonds. The highest BCUT2D eigenvalue weighted by Gasteiger charge is 1.94. The molecule has 1 rings (SSSR count). The molecule has 0 aliphatic carbocycles. The lowest BCUT2D eigenvalue weighted by atomic mass is 10.3. The Labute approximate surface area is 75.5 Å². The second-order valence-electron chi connectivity index (χ2n) is 2.11. The first kappa shape index (κ1) is 8.78. The molecule has 0 saturated carbocycles. The van der Waals surface area contributed by atoms with Crippen LogP contribution in [0, 0.1) is 0 Å². The molecule has 0 saturated heterocycles. The van der Waals surface area contributed by atoms with Crippen molar-refractivity contribution in [2.45, 2.75) is 6.42 Å². The van der Waals surface area contributed by atoms with Crippen LogP contribution in [-0.4, -0.2) is 6.54 Å². The fraction of sp³-hybridized carbons (Fsp3) is 0.250. The molecule has 0 bridgehead atoms. The zero-order valence-electron chi connectivity index (χ0n) is 6.09. The summed E-state index contributed by atoms with van der Waals surface area (Å²) in [6, 6.07) is 1.90. The van der Waals surface area contributed by atoms with Crippen molar-refractivity contribution >= 4 is 29.0 Å². The van der Waals surface area contributed by atoms with Crippen LogP contribution in [0.3, 0.4) is 0 Å². The van der Waals surface area contributed by atoms with E-state index in [-0.39, 0.29) is 0 Å². The van der Waals surface area contributed by atoms with Crippen LogP contribution in [0.5, 0.6) is 0 Å². The highest BCUT2D eigenvalue weighted by atomic mass is 35.5. The predicted octanol–water partition coefficient (Wildman–Crippen LogP) is 2.76. The van der Waals surface area contributed by atoms with Crippen molar-refractivity contribution in [2.24, 2.45) is 5.73 Å². The molecule has 1 aromatic rings. The van der Waals surface area contributed by atoms with Crippen LogP contribution < -0.4 is 5.73 Å². The fourth-order valence-electron chi connectivity index (χ4n) is 0.711. The maximum absolute atomic E-state index is 5.85. The number of thiophene rings is 1. The molecular weight excluding hydrogens is 178 g/mol. The Morgan fingerprint density at radius 2 is 2.45 bits per heavy atom. The van der Waals surface area contributed by atoms with Crippen LogP contribution >= 0.6 is 22.9 Å². The summed E-state index contributed by atoms with van der Waals surface area (Å²) in [7, 11) is 0. The van der Waals surface area contributed by atoms with Gasteiger partial charge in [-0.3, -0.25) is 0 Å². The van der Waals surface area contributed by atoms with Crippen molar-refractivity contribution in [2.75, 3.05) is 6.54 Å². The summed E-state index contributed by atoms with van der Waals surface area (Å²) < 4.78 is 0. The van der Waals surface area contributed by atoms with E-state index in [1.807, 2.05) is 23.6 Å². The molecule has 0 unspecified atom stereocenters. The fourth-order valence-corrected chi connectivity index (χ4v) is 1.75. The molecule has 60 valence electrons. The second-order valence-corrected chi connectivity index (χ2v) is 3.47. The van der Waals surface area contributed by atoms with Crippen LogP contribution in [0.25, 0.3) is 6.08 Å². The minimum atomic E-state index is 0.694. The van der Waals surface area contributed by atoms with Crippen LogP contribution in [0.1, 0.15) is 11.3 Å². The third-order valence-electron chi connectivity index (χ3n) is 1.25. The largest absolute Gasteiger partial charge is 0.330 e. The first-order valence-electron chi connectivity index (χ1n) is 3.44. The third kappa shape index (κ3) is 2.66. The van der Waals surface area contributed by atoms with Gasteiger partial charge >= 0.3 is 0 Å². The van der Waals surface area contributed by atoms with E-state index in [2.05, 4.69) is 0 Å². The summed E-state index contributed by atoms with van der Waals surface area (Å²) in [6.07, 6.45) is 4.96. The molecule has 0 aliphatic rings. The van der Waals surface area contributed by atoms with E-state index in [0.29, 0.717) is 6.54 Å². The Hall–Kier alpha value is -0.310. The van der Waals surface area contributed by atoms with Gasteiger partial charge in [-0.1, -0.05) is 17.7 Å². The molecule has 0 spiro atoms. The van der Waals surface area contributed by atoms with Crippen LogP contribution in [-0.2, 0) is 0 Å². The maximum Gasteiger partial charge on any atom is 0.0585 e. The summed E-state index contributed by atoms with van der Waals surface area (Å²) in [6.45, 7) is 0.694.